The first-order chi connectivity index (χ1) is 9.79. The van der Waals surface area contributed by atoms with Crippen LogP contribution in [0.25, 0.3) is 0 Å². The van der Waals surface area contributed by atoms with Crippen LogP contribution in [0, 0.1) is 0 Å². The van der Waals surface area contributed by atoms with E-state index in [1.165, 1.54) is 18.7 Å². The van der Waals surface area contributed by atoms with Crippen molar-refractivity contribution in [3.8, 4) is 0 Å². The number of piperazine rings is 1. The number of benzene rings is 1. The second-order valence-electron chi connectivity index (χ2n) is 5.20. The molecular formula is C15H25ClN4. The van der Waals surface area contributed by atoms with Gasteiger partial charge in [0.1, 0.15) is 0 Å². The molecule has 0 atom stereocenters. The normalized spacial score (nSPS) is 16.6. The molecular weight excluding hydrogens is 272 g/mol. The first-order valence-corrected chi connectivity index (χ1v) is 7.81. The minimum atomic E-state index is 0.722. The van der Waals surface area contributed by atoms with E-state index in [0.29, 0.717) is 0 Å². The van der Waals surface area contributed by atoms with Gasteiger partial charge in [0.2, 0.25) is 0 Å². The fourth-order valence-corrected chi connectivity index (χ4v) is 2.66. The van der Waals surface area contributed by atoms with E-state index >= 15 is 0 Å². The Kier molecular flexibility index (Phi) is 6.60. The van der Waals surface area contributed by atoms with Crippen LogP contribution in [0.15, 0.2) is 24.3 Å². The molecule has 0 bridgehead atoms. The number of anilines is 1. The molecule has 5 heteroatoms. The summed E-state index contributed by atoms with van der Waals surface area (Å²) < 4.78 is 0. The third-order valence-corrected chi connectivity index (χ3v) is 3.97. The van der Waals surface area contributed by atoms with E-state index < -0.39 is 0 Å². The topological polar surface area (TPSA) is 44.5 Å². The van der Waals surface area contributed by atoms with Gasteiger partial charge in [0.15, 0.2) is 0 Å². The number of halogens is 1. The number of rotatable bonds is 7. The Balaban J connectivity index is 1.66. The fraction of sp³-hybridized carbons (Fsp3) is 0.600. The summed E-state index contributed by atoms with van der Waals surface area (Å²) in [6, 6.07) is 8.14. The van der Waals surface area contributed by atoms with Crippen molar-refractivity contribution in [2.75, 3.05) is 57.3 Å². The lowest BCUT2D eigenvalue weighted by atomic mass is 10.2. The molecule has 0 saturated carbocycles. The van der Waals surface area contributed by atoms with Crippen molar-refractivity contribution in [3.05, 3.63) is 29.3 Å². The summed E-state index contributed by atoms with van der Waals surface area (Å²) in [7, 11) is 0. The highest BCUT2D eigenvalue weighted by Crippen LogP contribution is 2.19. The van der Waals surface area contributed by atoms with Gasteiger partial charge < -0.3 is 16.0 Å². The standard InChI is InChI=1S/C15H25ClN4/c16-14-2-4-15(5-3-14)20-12-10-19(11-13-20)9-1-7-18-8-6-17/h2-5,18H,1,6-13,17H2. The molecule has 3 N–H and O–H groups in total. The summed E-state index contributed by atoms with van der Waals surface area (Å²) in [5.41, 5.74) is 6.72. The van der Waals surface area contributed by atoms with Gasteiger partial charge >= 0.3 is 0 Å². The van der Waals surface area contributed by atoms with Crippen LogP contribution < -0.4 is 16.0 Å². The minimum Gasteiger partial charge on any atom is -0.369 e. The van der Waals surface area contributed by atoms with Crippen molar-refractivity contribution in [2.45, 2.75) is 6.42 Å². The summed E-state index contributed by atoms with van der Waals surface area (Å²) in [5, 5.41) is 4.14. The highest BCUT2D eigenvalue weighted by molar-refractivity contribution is 6.30. The monoisotopic (exact) mass is 296 g/mol. The molecule has 0 spiro atoms. The van der Waals surface area contributed by atoms with Crippen LogP contribution in [-0.2, 0) is 0 Å². The predicted octanol–water partition coefficient (Wildman–Crippen LogP) is 1.40. The largest absolute Gasteiger partial charge is 0.369 e. The molecule has 1 heterocycles. The Bertz CT molecular complexity index is 374. The van der Waals surface area contributed by atoms with E-state index in [-0.39, 0.29) is 0 Å². The lowest BCUT2D eigenvalue weighted by Gasteiger charge is -2.36. The third kappa shape index (κ3) is 4.94. The van der Waals surface area contributed by atoms with E-state index in [4.69, 9.17) is 17.3 Å². The van der Waals surface area contributed by atoms with Crippen LogP contribution >= 0.6 is 11.6 Å². The third-order valence-electron chi connectivity index (χ3n) is 3.71. The summed E-state index contributed by atoms with van der Waals surface area (Å²) in [6.45, 7) is 8.35. The number of nitrogens with one attached hydrogen (secondary N) is 1. The summed E-state index contributed by atoms with van der Waals surface area (Å²) in [6.07, 6.45) is 1.20. The van der Waals surface area contributed by atoms with Crippen molar-refractivity contribution in [1.82, 2.24) is 10.2 Å². The molecule has 4 nitrogen and oxygen atoms in total. The molecule has 0 aromatic heterocycles. The van der Waals surface area contributed by atoms with Gasteiger partial charge in [-0.3, -0.25) is 4.90 Å². The molecule has 112 valence electrons. The molecule has 0 unspecified atom stereocenters. The van der Waals surface area contributed by atoms with E-state index in [1.807, 2.05) is 12.1 Å². The second kappa shape index (κ2) is 8.47. The van der Waals surface area contributed by atoms with Crippen LogP contribution in [-0.4, -0.2) is 57.3 Å². The number of hydrogen-bond acceptors (Lipinski definition) is 4. The highest BCUT2D eigenvalue weighted by Gasteiger charge is 2.16. The summed E-state index contributed by atoms with van der Waals surface area (Å²) >= 11 is 5.93. The van der Waals surface area contributed by atoms with Gasteiger partial charge in [-0.05, 0) is 43.8 Å². The molecule has 1 aliphatic rings. The highest BCUT2D eigenvalue weighted by atomic mass is 35.5. The molecule has 1 aromatic carbocycles. The Labute approximate surface area is 126 Å². The van der Waals surface area contributed by atoms with Crippen molar-refractivity contribution < 1.29 is 0 Å². The molecule has 20 heavy (non-hydrogen) atoms. The maximum atomic E-state index is 5.93. The number of hydrogen-bond donors (Lipinski definition) is 2. The average molecular weight is 297 g/mol. The predicted molar refractivity (Wildman–Crippen MR) is 86.6 cm³/mol. The van der Waals surface area contributed by atoms with E-state index in [2.05, 4.69) is 27.2 Å². The zero-order valence-electron chi connectivity index (χ0n) is 12.0. The lowest BCUT2D eigenvalue weighted by Crippen LogP contribution is -2.47. The molecule has 1 aromatic rings. The van der Waals surface area contributed by atoms with E-state index in [9.17, 15) is 0 Å². The average Bonchev–Trinajstić information content (AvgIpc) is 2.49. The SMILES string of the molecule is NCCNCCCN1CCN(c2ccc(Cl)cc2)CC1. The Morgan fingerprint density at radius 2 is 1.75 bits per heavy atom. The van der Waals surface area contributed by atoms with Gasteiger partial charge in [-0.1, -0.05) is 11.6 Å². The fourth-order valence-electron chi connectivity index (χ4n) is 2.54. The first-order valence-electron chi connectivity index (χ1n) is 7.43. The van der Waals surface area contributed by atoms with Gasteiger partial charge in [-0.15, -0.1) is 0 Å². The van der Waals surface area contributed by atoms with Crippen LogP contribution in [0.5, 0.6) is 0 Å². The maximum Gasteiger partial charge on any atom is 0.0407 e. The van der Waals surface area contributed by atoms with Crippen LogP contribution in [0.3, 0.4) is 0 Å². The van der Waals surface area contributed by atoms with Crippen molar-refractivity contribution in [1.29, 1.82) is 0 Å². The van der Waals surface area contributed by atoms with Gasteiger partial charge in [-0.25, -0.2) is 0 Å². The number of nitrogens with zero attached hydrogens (tertiary/aromatic N) is 2. The van der Waals surface area contributed by atoms with Crippen molar-refractivity contribution in [3.63, 3.8) is 0 Å². The van der Waals surface area contributed by atoms with Crippen LogP contribution in [0.1, 0.15) is 6.42 Å². The van der Waals surface area contributed by atoms with Crippen molar-refractivity contribution >= 4 is 17.3 Å². The second-order valence-corrected chi connectivity index (χ2v) is 5.63. The lowest BCUT2D eigenvalue weighted by molar-refractivity contribution is 0.254. The maximum absolute atomic E-state index is 5.93. The minimum absolute atomic E-state index is 0.722. The Hall–Kier alpha value is -0.810. The zero-order valence-corrected chi connectivity index (χ0v) is 12.8. The summed E-state index contributed by atoms with van der Waals surface area (Å²) in [4.78, 5) is 4.97. The van der Waals surface area contributed by atoms with Gasteiger partial charge in [-0.2, -0.15) is 0 Å². The molecule has 0 amide bonds. The first kappa shape index (κ1) is 15.6. The molecule has 1 saturated heterocycles. The molecule has 0 aliphatic carbocycles. The van der Waals surface area contributed by atoms with Gasteiger partial charge in [0, 0.05) is 50.0 Å². The van der Waals surface area contributed by atoms with Crippen LogP contribution in [0.2, 0.25) is 5.02 Å². The van der Waals surface area contributed by atoms with Crippen molar-refractivity contribution in [2.24, 2.45) is 5.73 Å². The van der Waals surface area contributed by atoms with Crippen LogP contribution in [0.4, 0.5) is 5.69 Å². The van der Waals surface area contributed by atoms with E-state index in [1.54, 1.807) is 0 Å². The molecule has 1 fully saturated rings. The zero-order chi connectivity index (χ0) is 14.2. The number of nitrogens with two attached hydrogens (primary N) is 1. The molecule has 2 rings (SSSR count). The van der Waals surface area contributed by atoms with E-state index in [0.717, 1.165) is 50.8 Å². The van der Waals surface area contributed by atoms with Gasteiger partial charge in [0.25, 0.3) is 0 Å². The Morgan fingerprint density at radius 1 is 1.05 bits per heavy atom. The summed E-state index contributed by atoms with van der Waals surface area (Å²) in [5.74, 6) is 0. The quantitative estimate of drug-likeness (QED) is 0.747. The Morgan fingerprint density at radius 3 is 2.40 bits per heavy atom. The smallest absolute Gasteiger partial charge is 0.0407 e. The van der Waals surface area contributed by atoms with Gasteiger partial charge in [0.05, 0.1) is 0 Å². The molecule has 0 radical (unpaired) electrons. The molecule has 1 aliphatic heterocycles.